The predicted molar refractivity (Wildman–Crippen MR) is 104 cm³/mol. The molecule has 5 nitrogen and oxygen atoms in total. The Hall–Kier alpha value is -1.11. The molecule has 2 heterocycles. The van der Waals surface area contributed by atoms with Gasteiger partial charge in [0.1, 0.15) is 10.6 Å². The fourth-order valence-corrected chi connectivity index (χ4v) is 5.63. The summed E-state index contributed by atoms with van der Waals surface area (Å²) in [6.07, 6.45) is 3.19. The molecule has 2 aliphatic rings. The zero-order valence-corrected chi connectivity index (χ0v) is 17.1. The van der Waals surface area contributed by atoms with Gasteiger partial charge in [-0.15, -0.1) is 0 Å². The van der Waals surface area contributed by atoms with Crippen LogP contribution in [-0.4, -0.2) is 57.0 Å². The number of piperidine rings is 1. The van der Waals surface area contributed by atoms with Gasteiger partial charge in [-0.1, -0.05) is 32.9 Å². The van der Waals surface area contributed by atoms with E-state index in [-0.39, 0.29) is 5.41 Å². The number of sulfonamides is 1. The Labute approximate surface area is 158 Å². The molecular formula is C20H32N2O3S. The van der Waals surface area contributed by atoms with Crippen LogP contribution in [-0.2, 0) is 10.0 Å². The average molecular weight is 381 g/mol. The number of ether oxygens (including phenoxy) is 1. The first kappa shape index (κ1) is 19.6. The van der Waals surface area contributed by atoms with Gasteiger partial charge in [-0.2, -0.15) is 4.31 Å². The van der Waals surface area contributed by atoms with Gasteiger partial charge < -0.3 is 9.64 Å². The Balaban J connectivity index is 1.79. The summed E-state index contributed by atoms with van der Waals surface area (Å²) < 4.78 is 33.9. The number of fused-ring (bicyclic) bond motifs is 1. The molecule has 1 aromatic carbocycles. The summed E-state index contributed by atoms with van der Waals surface area (Å²) in [6, 6.07) is 7.03. The molecule has 1 spiro atoms. The maximum absolute atomic E-state index is 13.1. The second-order valence-electron chi connectivity index (χ2n) is 8.19. The molecule has 1 saturated heterocycles. The molecule has 3 rings (SSSR count). The first-order chi connectivity index (χ1) is 12.4. The Morgan fingerprint density at radius 3 is 2.54 bits per heavy atom. The number of hydrogen-bond acceptors (Lipinski definition) is 4. The van der Waals surface area contributed by atoms with E-state index in [2.05, 4.69) is 18.7 Å². The van der Waals surface area contributed by atoms with E-state index in [1.165, 1.54) is 6.42 Å². The molecule has 146 valence electrons. The second kappa shape index (κ2) is 7.87. The third-order valence-electron chi connectivity index (χ3n) is 5.80. The molecule has 0 atom stereocenters. The van der Waals surface area contributed by atoms with Gasteiger partial charge in [0.25, 0.3) is 0 Å². The maximum Gasteiger partial charge on any atom is 0.246 e. The monoisotopic (exact) mass is 380 g/mol. The summed E-state index contributed by atoms with van der Waals surface area (Å²) in [6.45, 7) is 11.3. The van der Waals surface area contributed by atoms with Crippen LogP contribution in [0, 0.1) is 11.3 Å². The van der Waals surface area contributed by atoms with E-state index < -0.39 is 10.0 Å². The fraction of sp³-hybridized carbons (Fsp3) is 0.700. The Morgan fingerprint density at radius 1 is 1.19 bits per heavy atom. The first-order valence-corrected chi connectivity index (χ1v) is 11.2. The molecule has 0 aromatic heterocycles. The zero-order valence-electron chi connectivity index (χ0n) is 16.3. The molecule has 6 heteroatoms. The van der Waals surface area contributed by atoms with Crippen LogP contribution in [0.1, 0.15) is 40.0 Å². The smallest absolute Gasteiger partial charge is 0.246 e. The van der Waals surface area contributed by atoms with Crippen LogP contribution in [0.25, 0.3) is 0 Å². The average Bonchev–Trinajstić information content (AvgIpc) is 2.63. The molecule has 0 amide bonds. The van der Waals surface area contributed by atoms with Gasteiger partial charge in [-0.3, -0.25) is 0 Å². The topological polar surface area (TPSA) is 49.9 Å². The Morgan fingerprint density at radius 2 is 1.88 bits per heavy atom. The third-order valence-corrected chi connectivity index (χ3v) is 7.76. The van der Waals surface area contributed by atoms with E-state index in [1.54, 1.807) is 22.5 Å². The van der Waals surface area contributed by atoms with Crippen molar-refractivity contribution in [3.63, 3.8) is 0 Å². The molecule has 1 aromatic rings. The van der Waals surface area contributed by atoms with Gasteiger partial charge in [0.05, 0.1) is 6.61 Å². The highest BCUT2D eigenvalue weighted by molar-refractivity contribution is 7.89. The molecule has 1 fully saturated rings. The number of likely N-dealkylation sites (tertiary alicyclic amines) is 1. The van der Waals surface area contributed by atoms with Crippen molar-refractivity contribution >= 4 is 10.0 Å². The van der Waals surface area contributed by atoms with Gasteiger partial charge in [0.2, 0.25) is 10.0 Å². The minimum Gasteiger partial charge on any atom is -0.492 e. The van der Waals surface area contributed by atoms with Crippen molar-refractivity contribution in [2.24, 2.45) is 11.3 Å². The molecule has 0 aliphatic carbocycles. The summed E-state index contributed by atoms with van der Waals surface area (Å²) in [5, 5.41) is 0. The van der Waals surface area contributed by atoms with Gasteiger partial charge in [-0.05, 0) is 56.9 Å². The van der Waals surface area contributed by atoms with E-state index in [0.717, 1.165) is 32.5 Å². The highest BCUT2D eigenvalue weighted by Crippen LogP contribution is 2.39. The van der Waals surface area contributed by atoms with Crippen molar-refractivity contribution in [3.8, 4) is 5.75 Å². The standard InChI is InChI=1S/C20H32N2O3S/c1-4-22-15-20(10-13-21(14-11-20)12-9-17(2)3)16-25-18-7-5-6-8-19(18)26(22,23)24/h5-8,17H,4,9-16H2,1-3H3. The Kier molecular flexibility index (Phi) is 5.94. The lowest BCUT2D eigenvalue weighted by Crippen LogP contribution is -2.51. The second-order valence-corrected chi connectivity index (χ2v) is 10.1. The number of benzene rings is 1. The lowest BCUT2D eigenvalue weighted by molar-refractivity contribution is 0.0345. The van der Waals surface area contributed by atoms with Crippen molar-refractivity contribution in [2.75, 3.05) is 39.3 Å². The molecule has 0 bridgehead atoms. The van der Waals surface area contributed by atoms with Gasteiger partial charge in [0.15, 0.2) is 0 Å². The minimum atomic E-state index is -3.51. The number of rotatable bonds is 4. The van der Waals surface area contributed by atoms with Crippen LogP contribution in [0.3, 0.4) is 0 Å². The lowest BCUT2D eigenvalue weighted by Gasteiger charge is -2.45. The van der Waals surface area contributed by atoms with Gasteiger partial charge in [0, 0.05) is 18.5 Å². The van der Waals surface area contributed by atoms with Crippen molar-refractivity contribution in [1.29, 1.82) is 0 Å². The third kappa shape index (κ3) is 4.07. The summed E-state index contributed by atoms with van der Waals surface area (Å²) >= 11 is 0. The molecule has 0 unspecified atom stereocenters. The SMILES string of the molecule is CCN1CC2(CCN(CCC(C)C)CC2)COc2ccccc2S1(=O)=O. The number of nitrogens with zero attached hydrogens (tertiary/aromatic N) is 2. The van der Waals surface area contributed by atoms with E-state index in [4.69, 9.17) is 4.74 Å². The van der Waals surface area contributed by atoms with Crippen LogP contribution in [0.15, 0.2) is 29.2 Å². The molecule has 0 N–H and O–H groups in total. The zero-order chi connectivity index (χ0) is 18.8. The van der Waals surface area contributed by atoms with Crippen LogP contribution in [0.2, 0.25) is 0 Å². The maximum atomic E-state index is 13.1. The molecular weight excluding hydrogens is 348 g/mol. The predicted octanol–water partition coefficient (Wildman–Crippen LogP) is 3.22. The Bertz CT molecular complexity index is 710. The highest BCUT2D eigenvalue weighted by Gasteiger charge is 2.42. The minimum absolute atomic E-state index is 0.0923. The van der Waals surface area contributed by atoms with Gasteiger partial charge >= 0.3 is 0 Å². The van der Waals surface area contributed by atoms with E-state index >= 15 is 0 Å². The number of para-hydroxylation sites is 1. The largest absolute Gasteiger partial charge is 0.492 e. The number of hydrogen-bond donors (Lipinski definition) is 0. The highest BCUT2D eigenvalue weighted by atomic mass is 32.2. The fourth-order valence-electron chi connectivity index (χ4n) is 3.93. The van der Waals surface area contributed by atoms with Crippen LogP contribution in [0.4, 0.5) is 0 Å². The summed E-state index contributed by atoms with van der Waals surface area (Å²) in [4.78, 5) is 2.81. The normalized spacial score (nSPS) is 23.2. The molecule has 0 radical (unpaired) electrons. The van der Waals surface area contributed by atoms with Crippen molar-refractivity contribution in [3.05, 3.63) is 24.3 Å². The molecule has 26 heavy (non-hydrogen) atoms. The van der Waals surface area contributed by atoms with Crippen LogP contribution in [0.5, 0.6) is 5.75 Å². The van der Waals surface area contributed by atoms with Crippen LogP contribution < -0.4 is 4.74 Å². The van der Waals surface area contributed by atoms with Crippen molar-refractivity contribution in [1.82, 2.24) is 9.21 Å². The quantitative estimate of drug-likeness (QED) is 0.805. The van der Waals surface area contributed by atoms with E-state index in [0.29, 0.717) is 36.3 Å². The van der Waals surface area contributed by atoms with E-state index in [9.17, 15) is 8.42 Å². The molecule has 2 aliphatic heterocycles. The molecule has 0 saturated carbocycles. The van der Waals surface area contributed by atoms with Crippen molar-refractivity contribution in [2.45, 2.75) is 44.9 Å². The summed E-state index contributed by atoms with van der Waals surface area (Å²) in [5.41, 5.74) is -0.0923. The van der Waals surface area contributed by atoms with Crippen LogP contribution >= 0.6 is 0 Å². The summed E-state index contributed by atoms with van der Waals surface area (Å²) in [7, 11) is -3.51. The first-order valence-electron chi connectivity index (χ1n) is 9.81. The van der Waals surface area contributed by atoms with E-state index in [1.807, 2.05) is 13.0 Å². The lowest BCUT2D eigenvalue weighted by atomic mass is 9.78. The summed E-state index contributed by atoms with van der Waals surface area (Å²) in [5.74, 6) is 1.21. The van der Waals surface area contributed by atoms with Crippen molar-refractivity contribution < 1.29 is 13.2 Å². The van der Waals surface area contributed by atoms with Gasteiger partial charge in [-0.25, -0.2) is 8.42 Å².